The molecule has 0 saturated carbocycles. The van der Waals surface area contributed by atoms with Gasteiger partial charge in [0.05, 0.1) is 0 Å². The number of hydrogen-bond acceptors (Lipinski definition) is 4. The highest BCUT2D eigenvalue weighted by atomic mass is 15.0. The highest BCUT2D eigenvalue weighted by Crippen LogP contribution is 2.42. The zero-order valence-electron chi connectivity index (χ0n) is 31.4. The van der Waals surface area contributed by atoms with Crippen molar-refractivity contribution >= 4 is 43.1 Å². The fourth-order valence-electron chi connectivity index (χ4n) is 8.42. The first kappa shape index (κ1) is 33.5. The molecule has 0 N–H and O–H groups in total. The van der Waals surface area contributed by atoms with Gasteiger partial charge in [-0.3, -0.25) is 4.98 Å². The second-order valence-corrected chi connectivity index (χ2v) is 14.6. The third-order valence-corrected chi connectivity index (χ3v) is 11.2. The second kappa shape index (κ2) is 14.0. The SMILES string of the molecule is c1ccc(-c2nc(-c3ccccc3)nc(-c3cc(-c4ccc(-c5cccc6ccncc56)cc4)cc(-c4cccc5c6ccccc6c6ccccc6c45)c3)n2)cc1. The van der Waals surface area contributed by atoms with Crippen LogP contribution in [-0.2, 0) is 0 Å². The van der Waals surface area contributed by atoms with Gasteiger partial charge in [0.2, 0.25) is 0 Å². The standard InChI is InChI=1S/C54H34N4/c1-3-13-38(14-4-1)52-56-53(39-15-5-2-6-16-39)58-54(57-52)42-32-40(35-25-27-37(28-26-35)43-22-11-17-36-29-30-55-34-50(36)43)31-41(33-42)44-23-12-24-49-47-19-8-7-18-45(47)46-20-9-10-21-48(46)51(44)49/h1-34H. The van der Waals surface area contributed by atoms with Gasteiger partial charge in [-0.2, -0.15) is 0 Å². The van der Waals surface area contributed by atoms with Gasteiger partial charge >= 0.3 is 0 Å². The predicted molar refractivity (Wildman–Crippen MR) is 240 cm³/mol. The first-order valence-corrected chi connectivity index (χ1v) is 19.5. The number of nitrogens with zero attached hydrogens (tertiary/aromatic N) is 4. The molecule has 0 aliphatic rings. The zero-order chi connectivity index (χ0) is 38.4. The first-order valence-electron chi connectivity index (χ1n) is 19.5. The Balaban J connectivity index is 1.16. The molecule has 11 aromatic rings. The van der Waals surface area contributed by atoms with E-state index in [2.05, 4.69) is 163 Å². The smallest absolute Gasteiger partial charge is 0.164 e. The van der Waals surface area contributed by atoms with Crippen LogP contribution in [0.25, 0.3) is 111 Å². The van der Waals surface area contributed by atoms with Crippen molar-refractivity contribution in [3.05, 3.63) is 207 Å². The van der Waals surface area contributed by atoms with Crippen molar-refractivity contribution in [2.75, 3.05) is 0 Å². The zero-order valence-corrected chi connectivity index (χ0v) is 31.4. The summed E-state index contributed by atoms with van der Waals surface area (Å²) in [6.45, 7) is 0. The molecule has 58 heavy (non-hydrogen) atoms. The van der Waals surface area contributed by atoms with E-state index in [-0.39, 0.29) is 0 Å². The Morgan fingerprint density at radius 1 is 0.276 bits per heavy atom. The van der Waals surface area contributed by atoms with Crippen molar-refractivity contribution < 1.29 is 0 Å². The lowest BCUT2D eigenvalue weighted by Gasteiger charge is -2.16. The fraction of sp³-hybridized carbons (Fsp3) is 0. The highest BCUT2D eigenvalue weighted by Gasteiger charge is 2.18. The van der Waals surface area contributed by atoms with Crippen LogP contribution in [0.3, 0.4) is 0 Å². The van der Waals surface area contributed by atoms with E-state index in [1.54, 1.807) is 0 Å². The third kappa shape index (κ3) is 5.87. The van der Waals surface area contributed by atoms with Crippen LogP contribution in [0.2, 0.25) is 0 Å². The summed E-state index contributed by atoms with van der Waals surface area (Å²) >= 11 is 0. The van der Waals surface area contributed by atoms with Gasteiger partial charge in [-0.25, -0.2) is 15.0 Å². The Bertz CT molecular complexity index is 3210. The molecule has 0 aliphatic heterocycles. The van der Waals surface area contributed by atoms with Gasteiger partial charge in [0.15, 0.2) is 17.5 Å². The van der Waals surface area contributed by atoms with Crippen molar-refractivity contribution in [3.8, 4) is 67.5 Å². The van der Waals surface area contributed by atoms with E-state index >= 15 is 0 Å². The molecule has 0 unspecified atom stereocenters. The summed E-state index contributed by atoms with van der Waals surface area (Å²) in [6, 6.07) is 68.6. The van der Waals surface area contributed by atoms with Crippen LogP contribution in [0.5, 0.6) is 0 Å². The van der Waals surface area contributed by atoms with Crippen LogP contribution in [-0.4, -0.2) is 19.9 Å². The summed E-state index contributed by atoms with van der Waals surface area (Å²) in [5, 5.41) is 9.73. The lowest BCUT2D eigenvalue weighted by molar-refractivity contribution is 1.07. The third-order valence-electron chi connectivity index (χ3n) is 11.2. The molecule has 11 rings (SSSR count). The molecule has 0 saturated heterocycles. The Labute approximate surface area is 335 Å². The van der Waals surface area contributed by atoms with Crippen LogP contribution in [0.4, 0.5) is 0 Å². The summed E-state index contributed by atoms with van der Waals surface area (Å²) in [4.78, 5) is 19.8. The molecule has 0 radical (unpaired) electrons. The van der Waals surface area contributed by atoms with Gasteiger partial charge in [-0.1, -0.05) is 170 Å². The van der Waals surface area contributed by atoms with E-state index in [9.17, 15) is 0 Å². The number of aromatic nitrogens is 4. The van der Waals surface area contributed by atoms with Gasteiger partial charge in [-0.05, 0) is 95.3 Å². The fourth-order valence-corrected chi connectivity index (χ4v) is 8.42. The number of pyridine rings is 1. The molecule has 9 aromatic carbocycles. The van der Waals surface area contributed by atoms with E-state index in [4.69, 9.17) is 15.0 Å². The lowest BCUT2D eigenvalue weighted by Crippen LogP contribution is -2.00. The number of rotatable bonds is 6. The minimum atomic E-state index is 0.617. The van der Waals surface area contributed by atoms with Crippen molar-refractivity contribution in [3.63, 3.8) is 0 Å². The van der Waals surface area contributed by atoms with Crippen LogP contribution in [0, 0.1) is 0 Å². The summed E-state index contributed by atoms with van der Waals surface area (Å²) in [6.07, 6.45) is 3.80. The summed E-state index contributed by atoms with van der Waals surface area (Å²) < 4.78 is 0. The normalized spacial score (nSPS) is 11.4. The number of hydrogen-bond donors (Lipinski definition) is 0. The molecule has 0 spiro atoms. The Hall–Kier alpha value is -7.82. The van der Waals surface area contributed by atoms with Gasteiger partial charge in [0.25, 0.3) is 0 Å². The molecule has 4 nitrogen and oxygen atoms in total. The maximum Gasteiger partial charge on any atom is 0.164 e. The molecule has 0 atom stereocenters. The minimum absolute atomic E-state index is 0.617. The number of benzene rings is 9. The summed E-state index contributed by atoms with van der Waals surface area (Å²) in [7, 11) is 0. The predicted octanol–water partition coefficient (Wildman–Crippen LogP) is 13.9. The molecule has 0 bridgehead atoms. The Morgan fingerprint density at radius 3 is 1.41 bits per heavy atom. The van der Waals surface area contributed by atoms with Crippen molar-refractivity contribution in [1.29, 1.82) is 0 Å². The first-order chi connectivity index (χ1) is 28.7. The van der Waals surface area contributed by atoms with Gasteiger partial charge in [-0.15, -0.1) is 0 Å². The Kier molecular flexibility index (Phi) is 8.11. The van der Waals surface area contributed by atoms with Gasteiger partial charge in [0.1, 0.15) is 0 Å². The molecule has 2 heterocycles. The highest BCUT2D eigenvalue weighted by molar-refractivity contribution is 6.28. The molecular weight excluding hydrogens is 705 g/mol. The monoisotopic (exact) mass is 738 g/mol. The molecule has 0 aliphatic carbocycles. The van der Waals surface area contributed by atoms with Crippen LogP contribution in [0.15, 0.2) is 207 Å². The maximum absolute atomic E-state index is 5.18. The van der Waals surface area contributed by atoms with Crippen molar-refractivity contribution in [2.24, 2.45) is 0 Å². The van der Waals surface area contributed by atoms with E-state index in [0.29, 0.717) is 17.5 Å². The molecule has 4 heteroatoms. The second-order valence-electron chi connectivity index (χ2n) is 14.6. The van der Waals surface area contributed by atoms with Gasteiger partial charge < -0.3 is 0 Å². The van der Waals surface area contributed by atoms with Gasteiger partial charge in [0, 0.05) is 34.5 Å². The topological polar surface area (TPSA) is 51.6 Å². The van der Waals surface area contributed by atoms with Crippen LogP contribution in [0.1, 0.15) is 0 Å². The minimum Gasteiger partial charge on any atom is -0.264 e. The van der Waals surface area contributed by atoms with E-state index in [1.807, 2.05) is 48.8 Å². The largest absolute Gasteiger partial charge is 0.264 e. The molecule has 2 aromatic heterocycles. The van der Waals surface area contributed by atoms with E-state index in [0.717, 1.165) is 55.5 Å². The summed E-state index contributed by atoms with van der Waals surface area (Å²) in [5.41, 5.74) is 9.50. The number of fused-ring (bicyclic) bond motifs is 7. The quantitative estimate of drug-likeness (QED) is 0.159. The molecular formula is C54H34N4. The maximum atomic E-state index is 5.18. The van der Waals surface area contributed by atoms with Crippen LogP contribution >= 0.6 is 0 Å². The summed E-state index contributed by atoms with van der Waals surface area (Å²) in [5.74, 6) is 1.88. The molecule has 0 fully saturated rings. The average Bonchev–Trinajstić information content (AvgIpc) is 3.31. The average molecular weight is 739 g/mol. The Morgan fingerprint density at radius 2 is 0.759 bits per heavy atom. The molecule has 0 amide bonds. The van der Waals surface area contributed by atoms with E-state index in [1.165, 1.54) is 37.7 Å². The van der Waals surface area contributed by atoms with Crippen LogP contribution < -0.4 is 0 Å². The molecule has 270 valence electrons. The van der Waals surface area contributed by atoms with Crippen molar-refractivity contribution in [1.82, 2.24) is 19.9 Å². The van der Waals surface area contributed by atoms with Crippen molar-refractivity contribution in [2.45, 2.75) is 0 Å². The van der Waals surface area contributed by atoms with E-state index < -0.39 is 0 Å². The lowest BCUT2D eigenvalue weighted by atomic mass is 9.88.